The summed E-state index contributed by atoms with van der Waals surface area (Å²) >= 11 is 0. The van der Waals surface area contributed by atoms with Crippen LogP contribution in [0.1, 0.15) is 45.0 Å². The molecule has 1 aromatic rings. The summed E-state index contributed by atoms with van der Waals surface area (Å²) in [6, 6.07) is 4.73. The van der Waals surface area contributed by atoms with Crippen LogP contribution in [0, 0.1) is 11.7 Å². The Morgan fingerprint density at radius 3 is 2.22 bits per heavy atom. The molecule has 3 amide bonds. The van der Waals surface area contributed by atoms with Gasteiger partial charge in [-0.05, 0) is 38.8 Å². The molecule has 0 radical (unpaired) electrons. The maximum atomic E-state index is 13.7. The third kappa shape index (κ3) is 8.06. The Balaban J connectivity index is 2.53. The molecule has 0 aliphatic rings. The van der Waals surface area contributed by atoms with Gasteiger partial charge in [0.15, 0.2) is 0 Å². The zero-order chi connectivity index (χ0) is 20.6. The third-order valence-electron chi connectivity index (χ3n) is 3.45. The molecule has 0 fully saturated rings. The van der Waals surface area contributed by atoms with E-state index < -0.39 is 35.4 Å². The van der Waals surface area contributed by atoms with Gasteiger partial charge < -0.3 is 20.7 Å². The molecule has 1 aromatic carbocycles. The van der Waals surface area contributed by atoms with E-state index in [9.17, 15) is 18.8 Å². The molecule has 8 heteroatoms. The minimum Gasteiger partial charge on any atom is -0.444 e. The lowest BCUT2D eigenvalue weighted by molar-refractivity contribution is -0.123. The largest absolute Gasteiger partial charge is 0.444 e. The number of carbonyl (C=O) groups excluding carboxylic acids is 3. The van der Waals surface area contributed by atoms with Crippen LogP contribution in [0.25, 0.3) is 0 Å². The summed E-state index contributed by atoms with van der Waals surface area (Å²) in [6.45, 7) is 9.12. The summed E-state index contributed by atoms with van der Waals surface area (Å²) in [6.07, 6.45) is -0.579. The van der Waals surface area contributed by atoms with Gasteiger partial charge in [0.05, 0.1) is 5.56 Å². The highest BCUT2D eigenvalue weighted by Gasteiger charge is 2.25. The number of benzene rings is 1. The van der Waals surface area contributed by atoms with Crippen molar-refractivity contribution >= 4 is 17.9 Å². The summed E-state index contributed by atoms with van der Waals surface area (Å²) in [4.78, 5) is 36.1. The first-order valence-electron chi connectivity index (χ1n) is 8.81. The Labute approximate surface area is 159 Å². The van der Waals surface area contributed by atoms with Crippen molar-refractivity contribution < 1.29 is 23.5 Å². The van der Waals surface area contributed by atoms with Crippen LogP contribution in [0.15, 0.2) is 24.3 Å². The number of hydrogen-bond acceptors (Lipinski definition) is 4. The molecule has 150 valence electrons. The quantitative estimate of drug-likeness (QED) is 0.631. The van der Waals surface area contributed by atoms with Gasteiger partial charge in [-0.15, -0.1) is 0 Å². The molecule has 0 spiro atoms. The van der Waals surface area contributed by atoms with Crippen LogP contribution in [0.3, 0.4) is 0 Å². The van der Waals surface area contributed by atoms with Crippen LogP contribution in [0.4, 0.5) is 9.18 Å². The average molecular weight is 381 g/mol. The maximum Gasteiger partial charge on any atom is 0.407 e. The zero-order valence-corrected chi connectivity index (χ0v) is 16.4. The molecule has 0 aromatic heterocycles. The second-order valence-corrected chi connectivity index (χ2v) is 7.39. The molecule has 1 atom stereocenters. The fourth-order valence-corrected chi connectivity index (χ4v) is 2.17. The minimum atomic E-state index is -0.835. The monoisotopic (exact) mass is 381 g/mol. The Morgan fingerprint density at radius 1 is 1.07 bits per heavy atom. The molecule has 3 N–H and O–H groups in total. The number of nitrogens with one attached hydrogen (secondary N) is 3. The summed E-state index contributed by atoms with van der Waals surface area (Å²) in [5, 5.41) is 7.71. The van der Waals surface area contributed by atoms with Crippen LogP contribution < -0.4 is 16.0 Å². The van der Waals surface area contributed by atoms with Crippen molar-refractivity contribution in [2.75, 3.05) is 13.1 Å². The summed E-state index contributed by atoms with van der Waals surface area (Å²) in [7, 11) is 0. The SMILES string of the molecule is CC(C)C(NC(=O)c1ccccc1F)C(=O)NCCNC(=O)OC(C)(C)C. The molecule has 27 heavy (non-hydrogen) atoms. The first-order valence-corrected chi connectivity index (χ1v) is 8.81. The Morgan fingerprint density at radius 2 is 1.67 bits per heavy atom. The van der Waals surface area contributed by atoms with E-state index in [0.29, 0.717) is 0 Å². The van der Waals surface area contributed by atoms with E-state index in [2.05, 4.69) is 16.0 Å². The Hall–Kier alpha value is -2.64. The van der Waals surface area contributed by atoms with E-state index in [-0.39, 0.29) is 24.6 Å². The molecule has 0 heterocycles. The fourth-order valence-electron chi connectivity index (χ4n) is 2.17. The van der Waals surface area contributed by atoms with Crippen molar-refractivity contribution in [3.8, 4) is 0 Å². The lowest BCUT2D eigenvalue weighted by Gasteiger charge is -2.22. The number of alkyl carbamates (subject to hydrolysis) is 1. The van der Waals surface area contributed by atoms with Crippen LogP contribution in [-0.4, -0.2) is 42.6 Å². The molecule has 7 nitrogen and oxygen atoms in total. The van der Waals surface area contributed by atoms with Gasteiger partial charge in [0.1, 0.15) is 17.5 Å². The normalized spacial score (nSPS) is 12.3. The number of ether oxygens (including phenoxy) is 1. The van der Waals surface area contributed by atoms with Gasteiger partial charge in [0.2, 0.25) is 5.91 Å². The highest BCUT2D eigenvalue weighted by Crippen LogP contribution is 2.09. The van der Waals surface area contributed by atoms with Crippen LogP contribution in [-0.2, 0) is 9.53 Å². The topological polar surface area (TPSA) is 96.5 Å². The summed E-state index contributed by atoms with van der Waals surface area (Å²) < 4.78 is 18.8. The van der Waals surface area contributed by atoms with Gasteiger partial charge in [0, 0.05) is 13.1 Å². The van der Waals surface area contributed by atoms with Crippen molar-refractivity contribution in [1.82, 2.24) is 16.0 Å². The fraction of sp³-hybridized carbons (Fsp3) is 0.526. The molecule has 1 unspecified atom stereocenters. The molecular formula is C19H28FN3O4. The average Bonchev–Trinajstić information content (AvgIpc) is 2.54. The van der Waals surface area contributed by atoms with Gasteiger partial charge in [-0.1, -0.05) is 26.0 Å². The van der Waals surface area contributed by atoms with E-state index in [4.69, 9.17) is 4.74 Å². The zero-order valence-electron chi connectivity index (χ0n) is 16.4. The first-order chi connectivity index (χ1) is 12.5. The van der Waals surface area contributed by atoms with Gasteiger partial charge in [-0.3, -0.25) is 9.59 Å². The number of amides is 3. The molecule has 1 rings (SSSR count). The van der Waals surface area contributed by atoms with E-state index in [1.807, 2.05) is 0 Å². The smallest absolute Gasteiger partial charge is 0.407 e. The standard InChI is InChI=1S/C19H28FN3O4/c1-12(2)15(23-16(24)13-8-6-7-9-14(13)20)17(25)21-10-11-22-18(26)27-19(3,4)5/h6-9,12,15H,10-11H2,1-5H3,(H,21,25)(H,22,26)(H,23,24). The predicted molar refractivity (Wildman–Crippen MR) is 99.7 cm³/mol. The molecule has 0 aliphatic heterocycles. The highest BCUT2D eigenvalue weighted by molar-refractivity contribution is 5.97. The number of carbonyl (C=O) groups is 3. The lowest BCUT2D eigenvalue weighted by Crippen LogP contribution is -2.51. The third-order valence-corrected chi connectivity index (χ3v) is 3.45. The van der Waals surface area contributed by atoms with E-state index >= 15 is 0 Å². The Kier molecular flexibility index (Phi) is 8.21. The van der Waals surface area contributed by atoms with Crippen molar-refractivity contribution in [3.63, 3.8) is 0 Å². The summed E-state index contributed by atoms with van der Waals surface area (Å²) in [5.74, 6) is -1.94. The van der Waals surface area contributed by atoms with Crippen LogP contribution in [0.2, 0.25) is 0 Å². The second-order valence-electron chi connectivity index (χ2n) is 7.39. The second kappa shape index (κ2) is 9.89. The summed E-state index contributed by atoms with van der Waals surface area (Å²) in [5.41, 5.74) is -0.727. The van der Waals surface area contributed by atoms with Gasteiger partial charge in [-0.2, -0.15) is 0 Å². The van der Waals surface area contributed by atoms with Crippen LogP contribution >= 0.6 is 0 Å². The molecule has 0 saturated heterocycles. The van der Waals surface area contributed by atoms with Gasteiger partial charge in [-0.25, -0.2) is 9.18 Å². The van der Waals surface area contributed by atoms with E-state index in [0.717, 1.165) is 0 Å². The van der Waals surface area contributed by atoms with Crippen molar-refractivity contribution in [2.45, 2.75) is 46.3 Å². The Bertz CT molecular complexity index is 671. The highest BCUT2D eigenvalue weighted by atomic mass is 19.1. The molecule has 0 bridgehead atoms. The van der Waals surface area contributed by atoms with Crippen LogP contribution in [0.5, 0.6) is 0 Å². The minimum absolute atomic E-state index is 0.123. The molecule has 0 saturated carbocycles. The predicted octanol–water partition coefficient (Wildman–Crippen LogP) is 2.22. The molecular weight excluding hydrogens is 353 g/mol. The number of halogens is 1. The number of rotatable bonds is 7. The number of hydrogen-bond donors (Lipinski definition) is 3. The first kappa shape index (κ1) is 22.4. The van der Waals surface area contributed by atoms with E-state index in [1.54, 1.807) is 40.7 Å². The van der Waals surface area contributed by atoms with Crippen molar-refractivity contribution in [2.24, 2.45) is 5.92 Å². The van der Waals surface area contributed by atoms with Crippen molar-refractivity contribution in [3.05, 3.63) is 35.6 Å². The maximum absolute atomic E-state index is 13.7. The van der Waals surface area contributed by atoms with Crippen molar-refractivity contribution in [1.29, 1.82) is 0 Å². The van der Waals surface area contributed by atoms with E-state index in [1.165, 1.54) is 18.2 Å². The van der Waals surface area contributed by atoms with Gasteiger partial charge in [0.25, 0.3) is 5.91 Å². The lowest BCUT2D eigenvalue weighted by atomic mass is 10.0. The van der Waals surface area contributed by atoms with Gasteiger partial charge >= 0.3 is 6.09 Å². The molecule has 0 aliphatic carbocycles.